The minimum absolute atomic E-state index is 0.0698. The van der Waals surface area contributed by atoms with Crippen LogP contribution in [0.2, 0.25) is 0 Å². The van der Waals surface area contributed by atoms with E-state index in [-0.39, 0.29) is 32.1 Å². The summed E-state index contributed by atoms with van der Waals surface area (Å²) >= 11 is 0. The molecule has 10 heteroatoms. The van der Waals surface area contributed by atoms with Crippen LogP contribution >= 0.6 is 7.82 Å². The second-order valence-electron chi connectivity index (χ2n) is 8.24. The van der Waals surface area contributed by atoms with Gasteiger partial charge in [-0.1, -0.05) is 69.6 Å². The smallest absolute Gasteiger partial charge is 0.463 e. The van der Waals surface area contributed by atoms with E-state index in [2.05, 4.69) is 53.2 Å². The van der Waals surface area contributed by atoms with Crippen molar-refractivity contribution in [1.82, 2.24) is 5.32 Å². The molecule has 0 saturated carbocycles. The number of phosphoric acid groups is 1. The molecule has 208 valence electrons. The SMILES string of the molecule is CC/C=C\C/C=C\C/C=C\CCCCCCCC(=O)NCCOP(=O)(O)OCC(O)COC(=O)CC. The van der Waals surface area contributed by atoms with E-state index in [9.17, 15) is 24.2 Å². The molecule has 0 spiro atoms. The van der Waals surface area contributed by atoms with Gasteiger partial charge in [0.2, 0.25) is 5.91 Å². The topological polar surface area (TPSA) is 131 Å². The molecule has 2 unspecified atom stereocenters. The molecule has 0 aromatic heterocycles. The molecule has 36 heavy (non-hydrogen) atoms. The van der Waals surface area contributed by atoms with Crippen LogP contribution in [0.25, 0.3) is 0 Å². The molecule has 2 atom stereocenters. The molecule has 0 aromatic rings. The highest BCUT2D eigenvalue weighted by Crippen LogP contribution is 2.42. The van der Waals surface area contributed by atoms with E-state index in [1.807, 2.05) is 0 Å². The number of nitrogens with one attached hydrogen (secondary N) is 1. The van der Waals surface area contributed by atoms with Crippen LogP contribution in [0.1, 0.15) is 84.5 Å². The maximum Gasteiger partial charge on any atom is 0.472 e. The molecule has 0 aliphatic heterocycles. The average molecular weight is 532 g/mol. The van der Waals surface area contributed by atoms with Gasteiger partial charge in [-0.05, 0) is 38.5 Å². The van der Waals surface area contributed by atoms with Crippen LogP contribution < -0.4 is 5.32 Å². The van der Waals surface area contributed by atoms with Crippen molar-refractivity contribution in [2.75, 3.05) is 26.4 Å². The van der Waals surface area contributed by atoms with Gasteiger partial charge >= 0.3 is 13.8 Å². The third kappa shape index (κ3) is 23.9. The van der Waals surface area contributed by atoms with E-state index >= 15 is 0 Å². The minimum Gasteiger partial charge on any atom is -0.463 e. The van der Waals surface area contributed by atoms with Crippen LogP contribution in [-0.2, 0) is 27.9 Å². The number of carbonyl (C=O) groups excluding carboxylic acids is 2. The number of phosphoric ester groups is 1. The van der Waals surface area contributed by atoms with E-state index in [0.29, 0.717) is 6.42 Å². The van der Waals surface area contributed by atoms with Crippen molar-refractivity contribution in [3.63, 3.8) is 0 Å². The Morgan fingerprint density at radius 2 is 1.53 bits per heavy atom. The predicted octanol–water partition coefficient (Wildman–Crippen LogP) is 5.14. The summed E-state index contributed by atoms with van der Waals surface area (Å²) in [4.78, 5) is 32.4. The first-order chi connectivity index (χ1) is 17.3. The number of aliphatic hydroxyl groups excluding tert-OH is 1. The summed E-state index contributed by atoms with van der Waals surface area (Å²) in [5, 5.41) is 12.2. The van der Waals surface area contributed by atoms with Crippen LogP contribution in [0.3, 0.4) is 0 Å². The van der Waals surface area contributed by atoms with Crippen LogP contribution in [0.5, 0.6) is 0 Å². The molecule has 0 aliphatic carbocycles. The van der Waals surface area contributed by atoms with Crippen molar-refractivity contribution in [2.24, 2.45) is 0 Å². The van der Waals surface area contributed by atoms with Crippen molar-refractivity contribution in [1.29, 1.82) is 0 Å². The first-order valence-electron chi connectivity index (χ1n) is 13.0. The fraction of sp³-hybridized carbons (Fsp3) is 0.692. The van der Waals surface area contributed by atoms with Gasteiger partial charge < -0.3 is 20.1 Å². The highest BCUT2D eigenvalue weighted by atomic mass is 31.2. The lowest BCUT2D eigenvalue weighted by atomic mass is 10.1. The standard InChI is InChI=1S/C26H46NO8P/c1-3-5-6-7-8-9-10-11-12-13-14-15-16-17-18-19-25(29)27-20-21-34-36(31,32)35-23-24(28)22-33-26(30)4-2/h5-6,8-9,11-12,24,28H,3-4,7,10,13-23H2,1-2H3,(H,27,29)(H,31,32)/b6-5-,9-8-,12-11-. The second-order valence-corrected chi connectivity index (χ2v) is 9.69. The summed E-state index contributed by atoms with van der Waals surface area (Å²) in [6.07, 6.45) is 21.7. The molecule has 0 aliphatic rings. The zero-order valence-corrected chi connectivity index (χ0v) is 22.8. The van der Waals surface area contributed by atoms with Gasteiger partial charge in [0.05, 0.1) is 13.2 Å². The molecule has 0 fully saturated rings. The van der Waals surface area contributed by atoms with Gasteiger partial charge in [0.1, 0.15) is 12.7 Å². The normalized spacial score (nSPS) is 14.4. The van der Waals surface area contributed by atoms with E-state index in [1.165, 1.54) is 0 Å². The number of hydrogen-bond acceptors (Lipinski definition) is 7. The van der Waals surface area contributed by atoms with E-state index < -0.39 is 26.5 Å². The third-order valence-electron chi connectivity index (χ3n) is 4.89. The fourth-order valence-electron chi connectivity index (χ4n) is 2.90. The van der Waals surface area contributed by atoms with Crippen molar-refractivity contribution in [2.45, 2.75) is 90.6 Å². The molecule has 0 rings (SSSR count). The number of ether oxygens (including phenoxy) is 1. The quantitative estimate of drug-likeness (QED) is 0.0715. The number of allylic oxidation sites excluding steroid dienone is 6. The Balaban J connectivity index is 3.62. The molecular formula is C26H46NO8P. The minimum atomic E-state index is -4.38. The van der Waals surface area contributed by atoms with E-state index in [1.54, 1.807) is 6.92 Å². The van der Waals surface area contributed by atoms with Gasteiger partial charge in [0.15, 0.2) is 0 Å². The average Bonchev–Trinajstić information content (AvgIpc) is 2.86. The maximum absolute atomic E-state index is 11.8. The Kier molecular flexibility index (Phi) is 22.5. The first kappa shape index (κ1) is 34.2. The molecule has 1 amide bonds. The Bertz CT molecular complexity index is 708. The Hall–Kier alpha value is -1.77. The van der Waals surface area contributed by atoms with E-state index in [0.717, 1.165) is 57.8 Å². The lowest BCUT2D eigenvalue weighted by Crippen LogP contribution is -2.27. The monoisotopic (exact) mass is 531 g/mol. The van der Waals surface area contributed by atoms with Crippen molar-refractivity contribution in [3.05, 3.63) is 36.5 Å². The Morgan fingerprint density at radius 3 is 2.22 bits per heavy atom. The Morgan fingerprint density at radius 1 is 0.889 bits per heavy atom. The second kappa shape index (κ2) is 23.6. The number of unbranched alkanes of at least 4 members (excludes halogenated alkanes) is 5. The molecule has 0 saturated heterocycles. The summed E-state index contributed by atoms with van der Waals surface area (Å²) in [5.74, 6) is -0.631. The van der Waals surface area contributed by atoms with E-state index in [4.69, 9.17) is 9.26 Å². The molecule has 3 N–H and O–H groups in total. The molecule has 0 radical (unpaired) electrons. The zero-order chi connectivity index (χ0) is 26.9. The molecule has 9 nitrogen and oxygen atoms in total. The first-order valence-corrected chi connectivity index (χ1v) is 14.5. The van der Waals surface area contributed by atoms with Crippen molar-refractivity contribution >= 4 is 19.7 Å². The van der Waals surface area contributed by atoms with Crippen LogP contribution in [0, 0.1) is 0 Å². The number of esters is 1. The van der Waals surface area contributed by atoms with Gasteiger partial charge in [-0.2, -0.15) is 0 Å². The number of rotatable bonds is 23. The van der Waals surface area contributed by atoms with Gasteiger partial charge in [0.25, 0.3) is 0 Å². The zero-order valence-electron chi connectivity index (χ0n) is 21.9. The highest BCUT2D eigenvalue weighted by molar-refractivity contribution is 7.47. The van der Waals surface area contributed by atoms with Gasteiger partial charge in [-0.3, -0.25) is 18.6 Å². The van der Waals surface area contributed by atoms with Gasteiger partial charge in [-0.15, -0.1) is 0 Å². The van der Waals surface area contributed by atoms with Crippen LogP contribution in [0.4, 0.5) is 0 Å². The summed E-state index contributed by atoms with van der Waals surface area (Å²) in [6.45, 7) is 2.74. The summed E-state index contributed by atoms with van der Waals surface area (Å²) < 4.78 is 25.9. The largest absolute Gasteiger partial charge is 0.472 e. The van der Waals surface area contributed by atoms with Crippen LogP contribution in [-0.4, -0.2) is 54.3 Å². The van der Waals surface area contributed by atoms with Crippen molar-refractivity contribution in [3.8, 4) is 0 Å². The summed E-state index contributed by atoms with van der Waals surface area (Å²) in [6, 6.07) is 0. The third-order valence-corrected chi connectivity index (χ3v) is 5.87. The molecule has 0 heterocycles. The maximum atomic E-state index is 11.8. The summed E-state index contributed by atoms with van der Waals surface area (Å²) in [7, 11) is -4.38. The molecule has 0 aromatic carbocycles. The fourth-order valence-corrected chi connectivity index (χ4v) is 3.66. The number of amides is 1. The Labute approximate surface area is 216 Å². The number of hydrogen-bond donors (Lipinski definition) is 3. The number of aliphatic hydroxyl groups is 1. The van der Waals surface area contributed by atoms with Crippen LogP contribution in [0.15, 0.2) is 36.5 Å². The summed E-state index contributed by atoms with van der Waals surface area (Å²) in [5.41, 5.74) is 0. The van der Waals surface area contributed by atoms with Gasteiger partial charge in [0, 0.05) is 19.4 Å². The molecule has 0 bridgehead atoms. The van der Waals surface area contributed by atoms with Gasteiger partial charge in [-0.25, -0.2) is 4.57 Å². The highest BCUT2D eigenvalue weighted by Gasteiger charge is 2.23. The lowest BCUT2D eigenvalue weighted by Gasteiger charge is -2.15. The predicted molar refractivity (Wildman–Crippen MR) is 141 cm³/mol. The number of carbonyl (C=O) groups is 2. The lowest BCUT2D eigenvalue weighted by molar-refractivity contribution is -0.146. The molecular weight excluding hydrogens is 485 g/mol. The van der Waals surface area contributed by atoms with Crippen molar-refractivity contribution < 1.29 is 37.9 Å².